The number of amides is 2. The van der Waals surface area contributed by atoms with E-state index in [2.05, 4.69) is 20.9 Å². The van der Waals surface area contributed by atoms with Crippen molar-refractivity contribution < 1.29 is 19.5 Å². The highest BCUT2D eigenvalue weighted by Gasteiger charge is 2.40. The molecule has 2 aliphatic heterocycles. The molecule has 0 spiro atoms. The summed E-state index contributed by atoms with van der Waals surface area (Å²) in [6.07, 6.45) is 0.179. The maximum absolute atomic E-state index is 12.4. The van der Waals surface area contributed by atoms with Crippen LogP contribution >= 0.6 is 0 Å². The minimum atomic E-state index is -1.08. The molecule has 1 saturated heterocycles. The molecule has 138 valence electrons. The molecule has 0 aliphatic carbocycles. The molecule has 3 rings (SSSR count). The molecule has 9 heteroatoms. The summed E-state index contributed by atoms with van der Waals surface area (Å²) in [6, 6.07) is 7.32. The van der Waals surface area contributed by atoms with E-state index in [4.69, 9.17) is 0 Å². The Morgan fingerprint density at radius 1 is 1.27 bits per heavy atom. The molecule has 4 N–H and O–H groups in total. The van der Waals surface area contributed by atoms with Gasteiger partial charge in [-0.15, -0.1) is 0 Å². The van der Waals surface area contributed by atoms with Crippen molar-refractivity contribution in [3.8, 4) is 0 Å². The number of hydrogen-bond donors (Lipinski definition) is 4. The van der Waals surface area contributed by atoms with Gasteiger partial charge in [0, 0.05) is 31.1 Å². The summed E-state index contributed by atoms with van der Waals surface area (Å²) in [4.78, 5) is 41.6. The number of likely N-dealkylation sites (tertiary alicyclic amines) is 1. The Labute approximate surface area is 150 Å². The molecule has 0 bridgehead atoms. The van der Waals surface area contributed by atoms with Gasteiger partial charge in [-0.3, -0.25) is 14.6 Å². The number of benzene rings is 1. The molecule has 2 aliphatic rings. The summed E-state index contributed by atoms with van der Waals surface area (Å²) in [6.45, 7) is 1.47. The van der Waals surface area contributed by atoms with Crippen molar-refractivity contribution in [1.29, 1.82) is 0 Å². The fourth-order valence-corrected chi connectivity index (χ4v) is 3.09. The third kappa shape index (κ3) is 4.11. The Bertz CT molecular complexity index is 721. The van der Waals surface area contributed by atoms with Crippen LogP contribution in [-0.2, 0) is 9.59 Å². The average Bonchev–Trinajstić information content (AvgIpc) is 3.30. The van der Waals surface area contributed by atoms with Crippen LogP contribution in [0.2, 0.25) is 0 Å². The Kier molecular flexibility index (Phi) is 5.35. The quantitative estimate of drug-likeness (QED) is 0.536. The van der Waals surface area contributed by atoms with E-state index in [0.29, 0.717) is 24.6 Å². The minimum Gasteiger partial charge on any atom is -0.480 e. The average molecular weight is 359 g/mol. The number of aliphatic imine (C=N–C) groups is 1. The second-order valence-electron chi connectivity index (χ2n) is 6.18. The maximum Gasteiger partial charge on any atom is 0.326 e. The monoisotopic (exact) mass is 359 g/mol. The summed E-state index contributed by atoms with van der Waals surface area (Å²) in [5.74, 6) is -1.16. The number of carboxylic acid groups (broad SMARTS) is 1. The Morgan fingerprint density at radius 2 is 2.04 bits per heavy atom. The molecule has 1 aromatic rings. The third-order valence-electron chi connectivity index (χ3n) is 4.36. The van der Waals surface area contributed by atoms with E-state index in [1.54, 1.807) is 24.3 Å². The summed E-state index contributed by atoms with van der Waals surface area (Å²) in [5, 5.41) is 18.1. The molecule has 2 amide bonds. The van der Waals surface area contributed by atoms with Crippen molar-refractivity contribution in [2.24, 2.45) is 4.99 Å². The van der Waals surface area contributed by atoms with Crippen LogP contribution < -0.4 is 16.0 Å². The lowest BCUT2D eigenvalue weighted by atomic mass is 10.1. The number of carbonyl (C=O) groups excluding carboxylic acids is 2. The topological polar surface area (TPSA) is 123 Å². The predicted octanol–water partition coefficient (Wildman–Crippen LogP) is -0.981. The minimum absolute atomic E-state index is 0.0467. The van der Waals surface area contributed by atoms with Gasteiger partial charge in [-0.1, -0.05) is 18.2 Å². The molecule has 2 atom stereocenters. The molecule has 9 nitrogen and oxygen atoms in total. The lowest BCUT2D eigenvalue weighted by Gasteiger charge is -2.21. The zero-order chi connectivity index (χ0) is 18.5. The number of aliphatic carboxylic acids is 1. The number of guanidine groups is 1. The van der Waals surface area contributed by atoms with Crippen molar-refractivity contribution in [2.45, 2.75) is 18.5 Å². The van der Waals surface area contributed by atoms with Gasteiger partial charge in [0.05, 0.1) is 13.1 Å². The normalized spacial score (nSPS) is 21.7. The third-order valence-corrected chi connectivity index (χ3v) is 4.36. The summed E-state index contributed by atoms with van der Waals surface area (Å²) in [5.41, 5.74) is 0.496. The molecule has 1 aromatic carbocycles. The van der Waals surface area contributed by atoms with Crippen LogP contribution in [0.3, 0.4) is 0 Å². The highest BCUT2D eigenvalue weighted by molar-refractivity contribution is 5.95. The maximum atomic E-state index is 12.4. The van der Waals surface area contributed by atoms with E-state index in [-0.39, 0.29) is 31.3 Å². The fraction of sp³-hybridized carbons (Fsp3) is 0.412. The van der Waals surface area contributed by atoms with Crippen molar-refractivity contribution >= 4 is 23.7 Å². The van der Waals surface area contributed by atoms with Gasteiger partial charge in [0.15, 0.2) is 5.96 Å². The highest BCUT2D eigenvalue weighted by Crippen LogP contribution is 2.19. The van der Waals surface area contributed by atoms with Gasteiger partial charge in [0.2, 0.25) is 5.91 Å². The van der Waals surface area contributed by atoms with Crippen LogP contribution in [0.4, 0.5) is 0 Å². The standard InChI is InChI=1S/C17H21N5O4/c23-14(9-20-17-18-6-7-19-17)22-10-12(8-13(22)16(25)26)21-15(24)11-4-2-1-3-5-11/h1-5,12-13H,6-10H2,(H,21,24)(H,25,26)(H2,18,19,20)/t12-,13?/m1/s1. The van der Waals surface area contributed by atoms with E-state index in [0.717, 1.165) is 0 Å². The van der Waals surface area contributed by atoms with Crippen LogP contribution in [-0.4, -0.2) is 72.0 Å². The van der Waals surface area contributed by atoms with Crippen LogP contribution in [0.1, 0.15) is 16.8 Å². The van der Waals surface area contributed by atoms with E-state index >= 15 is 0 Å². The van der Waals surface area contributed by atoms with E-state index in [9.17, 15) is 19.5 Å². The molecular formula is C17H21N5O4. The number of carbonyl (C=O) groups is 3. The van der Waals surface area contributed by atoms with Crippen molar-refractivity contribution in [3.05, 3.63) is 35.9 Å². The van der Waals surface area contributed by atoms with Gasteiger partial charge < -0.3 is 26.0 Å². The molecular weight excluding hydrogens is 338 g/mol. The Hall–Kier alpha value is -3.10. The molecule has 0 aromatic heterocycles. The lowest BCUT2D eigenvalue weighted by Crippen LogP contribution is -2.47. The molecule has 0 radical (unpaired) electrons. The van der Waals surface area contributed by atoms with Gasteiger partial charge in [-0.25, -0.2) is 4.79 Å². The van der Waals surface area contributed by atoms with Crippen LogP contribution in [0.5, 0.6) is 0 Å². The smallest absolute Gasteiger partial charge is 0.326 e. The Morgan fingerprint density at radius 3 is 2.69 bits per heavy atom. The predicted molar refractivity (Wildman–Crippen MR) is 93.8 cm³/mol. The van der Waals surface area contributed by atoms with Crippen LogP contribution in [0, 0.1) is 0 Å². The van der Waals surface area contributed by atoms with Gasteiger partial charge in [-0.05, 0) is 12.1 Å². The summed E-state index contributed by atoms with van der Waals surface area (Å²) in [7, 11) is 0. The van der Waals surface area contributed by atoms with Gasteiger partial charge in [0.25, 0.3) is 5.91 Å². The first-order valence-electron chi connectivity index (χ1n) is 8.45. The number of hydrogen-bond acceptors (Lipinski definition) is 6. The Balaban J connectivity index is 1.59. The summed E-state index contributed by atoms with van der Waals surface area (Å²) >= 11 is 0. The second-order valence-corrected chi connectivity index (χ2v) is 6.18. The number of nitrogens with zero attached hydrogens (tertiary/aromatic N) is 2. The number of rotatable bonds is 5. The number of carboxylic acids is 1. The molecule has 1 unspecified atom stereocenters. The molecule has 1 fully saturated rings. The molecule has 0 saturated carbocycles. The second kappa shape index (κ2) is 7.85. The first-order valence-corrected chi connectivity index (χ1v) is 8.45. The molecule has 2 heterocycles. The van der Waals surface area contributed by atoms with Crippen LogP contribution in [0.15, 0.2) is 35.3 Å². The van der Waals surface area contributed by atoms with E-state index in [1.165, 1.54) is 4.90 Å². The fourth-order valence-electron chi connectivity index (χ4n) is 3.09. The number of nitrogens with one attached hydrogen (secondary N) is 3. The molecule has 26 heavy (non-hydrogen) atoms. The zero-order valence-corrected chi connectivity index (χ0v) is 14.1. The summed E-state index contributed by atoms with van der Waals surface area (Å²) < 4.78 is 0. The van der Waals surface area contributed by atoms with Gasteiger partial charge in [-0.2, -0.15) is 0 Å². The first kappa shape index (κ1) is 17.7. The zero-order valence-electron chi connectivity index (χ0n) is 14.1. The van der Waals surface area contributed by atoms with Gasteiger partial charge in [0.1, 0.15) is 6.04 Å². The van der Waals surface area contributed by atoms with Gasteiger partial charge >= 0.3 is 5.97 Å². The van der Waals surface area contributed by atoms with E-state index in [1.807, 2.05) is 6.07 Å². The van der Waals surface area contributed by atoms with Crippen molar-refractivity contribution in [2.75, 3.05) is 26.2 Å². The highest BCUT2D eigenvalue weighted by atomic mass is 16.4. The largest absolute Gasteiger partial charge is 0.480 e. The van der Waals surface area contributed by atoms with Crippen molar-refractivity contribution in [1.82, 2.24) is 20.9 Å². The first-order chi connectivity index (χ1) is 12.5. The van der Waals surface area contributed by atoms with E-state index < -0.39 is 18.1 Å². The van der Waals surface area contributed by atoms with Crippen molar-refractivity contribution in [3.63, 3.8) is 0 Å². The van der Waals surface area contributed by atoms with Crippen LogP contribution in [0.25, 0.3) is 0 Å². The SMILES string of the molecule is O=C(N[C@@H]1CC(C(=O)O)N(C(=O)CNC2=NCCN2)C1)c1ccccc1. The lowest BCUT2D eigenvalue weighted by molar-refractivity contribution is -0.147.